The van der Waals surface area contributed by atoms with Crippen LogP contribution in [0.1, 0.15) is 61.3 Å². The number of thioether (sulfide) groups is 1. The lowest BCUT2D eigenvalue weighted by molar-refractivity contribution is 0.0995. The maximum absolute atomic E-state index is 13.0. The predicted octanol–water partition coefficient (Wildman–Crippen LogP) is 4.94. The van der Waals surface area contributed by atoms with Gasteiger partial charge in [-0.25, -0.2) is 0 Å². The molecule has 5 nitrogen and oxygen atoms in total. The molecule has 6 heteroatoms. The number of hydrogen-bond acceptors (Lipinski definition) is 4. The summed E-state index contributed by atoms with van der Waals surface area (Å²) in [5.74, 6) is 1.08. The van der Waals surface area contributed by atoms with Crippen molar-refractivity contribution in [2.45, 2.75) is 62.4 Å². The van der Waals surface area contributed by atoms with E-state index in [0.717, 1.165) is 27.4 Å². The van der Waals surface area contributed by atoms with Crippen molar-refractivity contribution >= 4 is 28.4 Å². The smallest absolute Gasteiger partial charge is 0.192 e. The summed E-state index contributed by atoms with van der Waals surface area (Å²) in [7, 11) is 0. The van der Waals surface area contributed by atoms with Crippen LogP contribution in [0.5, 0.6) is 0 Å². The molecule has 0 spiro atoms. The van der Waals surface area contributed by atoms with Crippen molar-refractivity contribution in [3.8, 4) is 0 Å². The lowest BCUT2D eigenvalue weighted by atomic mass is 9.95. The molecule has 1 N–H and O–H groups in total. The molecule has 26 heavy (non-hydrogen) atoms. The zero-order valence-electron chi connectivity index (χ0n) is 15.2. The highest BCUT2D eigenvalue weighted by Crippen LogP contribution is 2.34. The van der Waals surface area contributed by atoms with Crippen LogP contribution in [-0.2, 0) is 0 Å². The topological polar surface area (TPSA) is 63.6 Å². The predicted molar refractivity (Wildman–Crippen MR) is 105 cm³/mol. The van der Waals surface area contributed by atoms with Gasteiger partial charge in [-0.3, -0.25) is 4.79 Å². The Morgan fingerprint density at radius 3 is 2.81 bits per heavy atom. The van der Waals surface area contributed by atoms with Crippen molar-refractivity contribution in [3.63, 3.8) is 0 Å². The first-order valence-corrected chi connectivity index (χ1v) is 10.2. The highest BCUT2D eigenvalue weighted by atomic mass is 32.2. The van der Waals surface area contributed by atoms with Crippen molar-refractivity contribution in [2.75, 3.05) is 0 Å². The zero-order chi connectivity index (χ0) is 18.1. The Balaban J connectivity index is 1.56. The second-order valence-corrected chi connectivity index (χ2v) is 8.37. The number of fused-ring (bicyclic) bond motifs is 1. The summed E-state index contributed by atoms with van der Waals surface area (Å²) in [4.78, 5) is 16.2. The fraction of sp³-hybridized carbons (Fsp3) is 0.450. The highest BCUT2D eigenvalue weighted by Gasteiger charge is 2.26. The quantitative estimate of drug-likeness (QED) is 0.512. The maximum atomic E-state index is 13.0. The average Bonchev–Trinajstić information content (AvgIpc) is 3.25. The number of nitrogens with one attached hydrogen (secondary N) is 1. The first-order valence-electron chi connectivity index (χ1n) is 9.33. The van der Waals surface area contributed by atoms with Crippen LogP contribution in [0.4, 0.5) is 0 Å². The number of ketones is 1. The van der Waals surface area contributed by atoms with Gasteiger partial charge >= 0.3 is 0 Å². The molecule has 2 heterocycles. The van der Waals surface area contributed by atoms with Crippen LogP contribution < -0.4 is 0 Å². The number of benzene rings is 1. The summed E-state index contributed by atoms with van der Waals surface area (Å²) in [6.45, 7) is 3.97. The number of para-hydroxylation sites is 1. The van der Waals surface area contributed by atoms with E-state index in [2.05, 4.69) is 19.7 Å². The molecule has 2 aromatic heterocycles. The molecule has 0 aliphatic heterocycles. The largest absolute Gasteiger partial charge is 0.360 e. The van der Waals surface area contributed by atoms with E-state index in [9.17, 15) is 4.79 Å². The van der Waals surface area contributed by atoms with E-state index in [4.69, 9.17) is 0 Å². The van der Waals surface area contributed by atoms with Crippen LogP contribution in [0, 0.1) is 6.92 Å². The molecule has 0 radical (unpaired) electrons. The van der Waals surface area contributed by atoms with Crippen LogP contribution >= 0.6 is 11.8 Å². The van der Waals surface area contributed by atoms with Gasteiger partial charge in [0.2, 0.25) is 0 Å². The monoisotopic (exact) mass is 368 g/mol. The highest BCUT2D eigenvalue weighted by molar-refractivity contribution is 8.00. The summed E-state index contributed by atoms with van der Waals surface area (Å²) in [6.07, 6.45) is 8.01. The fourth-order valence-corrected chi connectivity index (χ4v) is 4.93. The van der Waals surface area contributed by atoms with Crippen LogP contribution in [0.25, 0.3) is 10.9 Å². The number of H-pyrrole nitrogens is 1. The fourth-order valence-electron chi connectivity index (χ4n) is 3.90. The lowest BCUT2D eigenvalue weighted by Gasteiger charge is -2.25. The molecule has 1 saturated carbocycles. The Kier molecular flexibility index (Phi) is 4.85. The van der Waals surface area contributed by atoms with Crippen LogP contribution in [0.3, 0.4) is 0 Å². The zero-order valence-corrected chi connectivity index (χ0v) is 16.1. The Morgan fingerprint density at radius 2 is 2.00 bits per heavy atom. The molecule has 1 atom stereocenters. The standard InChI is InChI=1S/C20H24N4OS/c1-13(19(25)17-12-21-18-11-7-6-10-16(17)18)26-20-23-22-14(2)24(20)15-8-4-3-5-9-15/h6-7,10-13,15,21H,3-5,8-9H2,1-2H3. The molecular formula is C20H24N4OS. The van der Waals surface area contributed by atoms with E-state index in [1.54, 1.807) is 0 Å². The molecule has 1 unspecified atom stereocenters. The lowest BCUT2D eigenvalue weighted by Crippen LogP contribution is -2.18. The molecule has 0 saturated heterocycles. The third-order valence-electron chi connectivity index (χ3n) is 5.28. The van der Waals surface area contributed by atoms with E-state index >= 15 is 0 Å². The summed E-state index contributed by atoms with van der Waals surface area (Å²) < 4.78 is 2.25. The second-order valence-electron chi connectivity index (χ2n) is 7.06. The van der Waals surface area contributed by atoms with Gasteiger partial charge in [0.1, 0.15) is 5.82 Å². The van der Waals surface area contributed by atoms with Gasteiger partial charge in [-0.1, -0.05) is 49.2 Å². The number of carbonyl (C=O) groups is 1. The molecule has 1 aliphatic rings. The van der Waals surface area contributed by atoms with Gasteiger partial charge in [0, 0.05) is 28.7 Å². The third kappa shape index (κ3) is 3.18. The number of nitrogens with zero attached hydrogens (tertiary/aromatic N) is 3. The number of carbonyl (C=O) groups excluding carboxylic acids is 1. The van der Waals surface area contributed by atoms with Crippen molar-refractivity contribution < 1.29 is 4.79 Å². The van der Waals surface area contributed by atoms with Crippen molar-refractivity contribution in [1.82, 2.24) is 19.7 Å². The minimum atomic E-state index is -0.208. The van der Waals surface area contributed by atoms with Crippen LogP contribution in [0.15, 0.2) is 35.6 Å². The van der Waals surface area contributed by atoms with Gasteiger partial charge in [-0.15, -0.1) is 10.2 Å². The molecule has 3 aromatic rings. The van der Waals surface area contributed by atoms with Crippen molar-refractivity contribution in [1.29, 1.82) is 0 Å². The molecule has 1 aliphatic carbocycles. The van der Waals surface area contributed by atoms with E-state index in [1.807, 2.05) is 44.3 Å². The average molecular weight is 369 g/mol. The normalized spacial score (nSPS) is 16.8. The van der Waals surface area contributed by atoms with E-state index in [0.29, 0.717) is 6.04 Å². The first kappa shape index (κ1) is 17.3. The van der Waals surface area contributed by atoms with Gasteiger partial charge in [0.25, 0.3) is 0 Å². The Hall–Kier alpha value is -2.08. The second kappa shape index (κ2) is 7.27. The molecule has 4 rings (SSSR count). The van der Waals surface area contributed by atoms with Crippen molar-refractivity contribution in [3.05, 3.63) is 41.9 Å². The van der Waals surface area contributed by atoms with Gasteiger partial charge in [-0.05, 0) is 32.8 Å². The summed E-state index contributed by atoms with van der Waals surface area (Å²) in [6, 6.07) is 8.39. The number of aryl methyl sites for hydroxylation is 1. The summed E-state index contributed by atoms with van der Waals surface area (Å²) >= 11 is 1.53. The molecule has 136 valence electrons. The van der Waals surface area contributed by atoms with Gasteiger partial charge < -0.3 is 9.55 Å². The molecule has 0 amide bonds. The molecule has 1 fully saturated rings. The molecular weight excluding hydrogens is 344 g/mol. The van der Waals surface area contributed by atoms with Gasteiger partial charge in [0.05, 0.1) is 5.25 Å². The maximum Gasteiger partial charge on any atom is 0.192 e. The van der Waals surface area contributed by atoms with E-state index < -0.39 is 0 Å². The summed E-state index contributed by atoms with van der Waals surface area (Å²) in [5.41, 5.74) is 1.75. The molecule has 0 bridgehead atoms. The SMILES string of the molecule is Cc1nnc(SC(C)C(=O)c2c[nH]c3ccccc23)n1C1CCCCC1. The van der Waals surface area contributed by atoms with Gasteiger partial charge in [0.15, 0.2) is 10.9 Å². The Labute approximate surface area is 157 Å². The van der Waals surface area contributed by atoms with Gasteiger partial charge in [-0.2, -0.15) is 0 Å². The number of hydrogen-bond donors (Lipinski definition) is 1. The Bertz CT molecular complexity index is 923. The number of aromatic amines is 1. The minimum Gasteiger partial charge on any atom is -0.360 e. The van der Waals surface area contributed by atoms with Crippen LogP contribution in [0.2, 0.25) is 0 Å². The summed E-state index contributed by atoms with van der Waals surface area (Å²) in [5, 5.41) is 10.3. The van der Waals surface area contributed by atoms with E-state index in [-0.39, 0.29) is 11.0 Å². The van der Waals surface area contributed by atoms with E-state index in [1.165, 1.54) is 43.9 Å². The van der Waals surface area contributed by atoms with Crippen LogP contribution in [-0.4, -0.2) is 30.8 Å². The number of Topliss-reactive ketones (excluding diaryl/α,β-unsaturated/α-hetero) is 1. The first-order chi connectivity index (χ1) is 12.6. The number of rotatable bonds is 5. The number of aromatic nitrogens is 4. The Morgan fingerprint density at radius 1 is 1.23 bits per heavy atom. The van der Waals surface area contributed by atoms with Crippen molar-refractivity contribution in [2.24, 2.45) is 0 Å². The third-order valence-corrected chi connectivity index (χ3v) is 6.34. The molecule has 1 aromatic carbocycles. The minimum absolute atomic E-state index is 0.128.